The van der Waals surface area contributed by atoms with Gasteiger partial charge in [-0.2, -0.15) is 0 Å². The van der Waals surface area contributed by atoms with E-state index in [1.165, 1.54) is 0 Å². The summed E-state index contributed by atoms with van der Waals surface area (Å²) < 4.78 is 0. The molecule has 0 saturated carbocycles. The normalized spacial score (nSPS) is 21.2. The molecule has 1 unspecified atom stereocenters. The van der Waals surface area contributed by atoms with Crippen molar-refractivity contribution in [3.63, 3.8) is 0 Å². The second-order valence-electron chi connectivity index (χ2n) is 2.99. The van der Waals surface area contributed by atoms with E-state index in [9.17, 15) is 0 Å². The largest absolute Gasteiger partial charge is 0.362 e. The third-order valence-corrected chi connectivity index (χ3v) is 2.47. The zero-order chi connectivity index (χ0) is 8.55. The van der Waals surface area contributed by atoms with Gasteiger partial charge in [0.15, 0.2) is 0 Å². The van der Waals surface area contributed by atoms with E-state index in [0.717, 1.165) is 17.3 Å². The first kappa shape index (κ1) is 7.90. The fraction of sp³-hybridized carbons (Fsp3) is 0.333. The molecular formula is C9H11ClN2. The van der Waals surface area contributed by atoms with E-state index in [0.29, 0.717) is 12.6 Å². The molecule has 3 heteroatoms. The van der Waals surface area contributed by atoms with Gasteiger partial charge in [0.1, 0.15) is 0 Å². The van der Waals surface area contributed by atoms with E-state index in [2.05, 4.69) is 4.90 Å². The second-order valence-corrected chi connectivity index (χ2v) is 3.40. The minimum Gasteiger partial charge on any atom is -0.362 e. The predicted molar refractivity (Wildman–Crippen MR) is 51.6 cm³/mol. The number of nitrogens with two attached hydrogens (primary N) is 1. The Morgan fingerprint density at radius 3 is 2.83 bits per heavy atom. The summed E-state index contributed by atoms with van der Waals surface area (Å²) in [5.41, 5.74) is 6.63. The Labute approximate surface area is 76.9 Å². The Kier molecular flexibility index (Phi) is 1.95. The highest BCUT2D eigenvalue weighted by molar-refractivity contribution is 6.33. The first-order valence-electron chi connectivity index (χ1n) is 4.04. The lowest BCUT2D eigenvalue weighted by atomic mass is 10.3. The quantitative estimate of drug-likeness (QED) is 0.703. The van der Waals surface area contributed by atoms with Crippen molar-refractivity contribution >= 4 is 17.3 Å². The van der Waals surface area contributed by atoms with Crippen LogP contribution in [0.4, 0.5) is 5.69 Å². The number of hydrogen-bond acceptors (Lipinski definition) is 2. The third-order valence-electron chi connectivity index (χ3n) is 2.15. The predicted octanol–water partition coefficient (Wildman–Crippen LogP) is 1.49. The molecule has 0 amide bonds. The van der Waals surface area contributed by atoms with E-state index in [1.807, 2.05) is 24.3 Å². The Hall–Kier alpha value is -0.730. The molecule has 2 N–H and O–H groups in total. The van der Waals surface area contributed by atoms with Crippen LogP contribution in [-0.4, -0.2) is 19.1 Å². The van der Waals surface area contributed by atoms with Gasteiger partial charge in [0.2, 0.25) is 0 Å². The lowest BCUT2D eigenvalue weighted by molar-refractivity contribution is 0.967. The average Bonchev–Trinajstić information content (AvgIpc) is 2.84. The first-order chi connectivity index (χ1) is 5.83. The number of para-hydroxylation sites is 1. The van der Waals surface area contributed by atoms with Crippen LogP contribution in [0.25, 0.3) is 0 Å². The van der Waals surface area contributed by atoms with Crippen molar-refractivity contribution in [3.8, 4) is 0 Å². The van der Waals surface area contributed by atoms with Crippen LogP contribution in [0, 0.1) is 0 Å². The first-order valence-corrected chi connectivity index (χ1v) is 4.42. The molecule has 1 atom stereocenters. The Bertz CT molecular complexity index is 288. The highest BCUT2D eigenvalue weighted by Gasteiger charge is 2.33. The van der Waals surface area contributed by atoms with Gasteiger partial charge in [-0.05, 0) is 12.1 Å². The van der Waals surface area contributed by atoms with Crippen molar-refractivity contribution in [1.29, 1.82) is 0 Å². The zero-order valence-electron chi connectivity index (χ0n) is 6.70. The van der Waals surface area contributed by atoms with Gasteiger partial charge < -0.3 is 10.6 Å². The third kappa shape index (κ3) is 1.28. The fourth-order valence-corrected chi connectivity index (χ4v) is 1.61. The molecule has 1 fully saturated rings. The smallest absolute Gasteiger partial charge is 0.0639 e. The number of hydrogen-bond donors (Lipinski definition) is 1. The lowest BCUT2D eigenvalue weighted by Gasteiger charge is -2.05. The van der Waals surface area contributed by atoms with Crippen LogP contribution in [0.2, 0.25) is 5.02 Å². The van der Waals surface area contributed by atoms with Crippen molar-refractivity contribution in [2.45, 2.75) is 6.04 Å². The van der Waals surface area contributed by atoms with E-state index in [4.69, 9.17) is 17.3 Å². The molecule has 2 rings (SSSR count). The number of anilines is 1. The highest BCUT2D eigenvalue weighted by atomic mass is 35.5. The summed E-state index contributed by atoms with van der Waals surface area (Å²) in [6.07, 6.45) is 0. The van der Waals surface area contributed by atoms with E-state index in [-0.39, 0.29) is 0 Å². The van der Waals surface area contributed by atoms with Gasteiger partial charge in [-0.25, -0.2) is 0 Å². The van der Waals surface area contributed by atoms with Gasteiger partial charge in [0.25, 0.3) is 0 Å². The lowest BCUT2D eigenvalue weighted by Crippen LogP contribution is -2.11. The number of halogens is 1. The van der Waals surface area contributed by atoms with E-state index >= 15 is 0 Å². The molecule has 0 aliphatic carbocycles. The molecule has 2 nitrogen and oxygen atoms in total. The van der Waals surface area contributed by atoms with Crippen molar-refractivity contribution in [1.82, 2.24) is 0 Å². The molecular weight excluding hydrogens is 172 g/mol. The molecule has 0 spiro atoms. The molecule has 1 saturated heterocycles. The van der Waals surface area contributed by atoms with Crippen LogP contribution >= 0.6 is 11.6 Å². The fourth-order valence-electron chi connectivity index (χ4n) is 1.36. The standard InChI is InChI=1S/C9H11ClN2/c10-8-3-1-2-4-9(8)12-6-7(12)5-11/h1-4,7H,5-6,11H2. The zero-order valence-corrected chi connectivity index (χ0v) is 7.46. The Morgan fingerprint density at radius 1 is 1.50 bits per heavy atom. The molecule has 1 aliphatic rings. The van der Waals surface area contributed by atoms with Gasteiger partial charge >= 0.3 is 0 Å². The van der Waals surface area contributed by atoms with E-state index in [1.54, 1.807) is 0 Å². The molecule has 1 heterocycles. The van der Waals surface area contributed by atoms with Gasteiger partial charge in [-0.15, -0.1) is 0 Å². The summed E-state index contributed by atoms with van der Waals surface area (Å²) in [4.78, 5) is 2.21. The maximum Gasteiger partial charge on any atom is 0.0639 e. The SMILES string of the molecule is NCC1CN1c1ccccc1Cl. The molecule has 0 aromatic heterocycles. The molecule has 12 heavy (non-hydrogen) atoms. The van der Waals surface area contributed by atoms with Gasteiger partial charge in [-0.1, -0.05) is 23.7 Å². The second kappa shape index (κ2) is 2.96. The molecule has 1 aromatic rings. The maximum atomic E-state index is 6.00. The summed E-state index contributed by atoms with van der Waals surface area (Å²) in [5, 5.41) is 0.813. The number of benzene rings is 1. The summed E-state index contributed by atoms with van der Waals surface area (Å²) in [6.45, 7) is 1.76. The summed E-state index contributed by atoms with van der Waals surface area (Å²) in [7, 11) is 0. The molecule has 0 bridgehead atoms. The maximum absolute atomic E-state index is 6.00. The van der Waals surface area contributed by atoms with Gasteiger partial charge in [-0.3, -0.25) is 0 Å². The van der Waals surface area contributed by atoms with Crippen molar-refractivity contribution in [3.05, 3.63) is 29.3 Å². The molecule has 1 aliphatic heterocycles. The minimum absolute atomic E-state index is 0.505. The van der Waals surface area contributed by atoms with Crippen molar-refractivity contribution < 1.29 is 0 Å². The topological polar surface area (TPSA) is 29.0 Å². The van der Waals surface area contributed by atoms with Crippen LogP contribution < -0.4 is 10.6 Å². The summed E-state index contributed by atoms with van der Waals surface area (Å²) >= 11 is 6.00. The Balaban J connectivity index is 2.19. The monoisotopic (exact) mass is 182 g/mol. The van der Waals surface area contributed by atoms with Crippen LogP contribution in [0.5, 0.6) is 0 Å². The summed E-state index contributed by atoms with van der Waals surface area (Å²) in [6, 6.07) is 8.37. The van der Waals surface area contributed by atoms with E-state index < -0.39 is 0 Å². The van der Waals surface area contributed by atoms with Crippen LogP contribution in [0.3, 0.4) is 0 Å². The van der Waals surface area contributed by atoms with Crippen molar-refractivity contribution in [2.75, 3.05) is 18.0 Å². The molecule has 64 valence electrons. The Morgan fingerprint density at radius 2 is 2.25 bits per heavy atom. The molecule has 0 radical (unpaired) electrons. The number of rotatable bonds is 2. The molecule has 1 aromatic carbocycles. The average molecular weight is 183 g/mol. The van der Waals surface area contributed by atoms with Crippen molar-refractivity contribution in [2.24, 2.45) is 5.73 Å². The van der Waals surface area contributed by atoms with Crippen LogP contribution in [0.1, 0.15) is 0 Å². The highest BCUT2D eigenvalue weighted by Crippen LogP contribution is 2.33. The van der Waals surface area contributed by atoms with Crippen LogP contribution in [0.15, 0.2) is 24.3 Å². The summed E-state index contributed by atoms with van der Waals surface area (Å²) in [5.74, 6) is 0. The van der Waals surface area contributed by atoms with Crippen LogP contribution in [-0.2, 0) is 0 Å². The number of nitrogens with zero attached hydrogens (tertiary/aromatic N) is 1. The van der Waals surface area contributed by atoms with Gasteiger partial charge in [0.05, 0.1) is 16.8 Å². The van der Waals surface area contributed by atoms with Gasteiger partial charge in [0, 0.05) is 13.1 Å². The minimum atomic E-state index is 0.505.